The molecule has 3 nitrogen and oxygen atoms in total. The van der Waals surface area contributed by atoms with Gasteiger partial charge in [-0.2, -0.15) is 0 Å². The van der Waals surface area contributed by atoms with Crippen molar-refractivity contribution in [2.75, 3.05) is 13.1 Å². The molecule has 1 N–H and O–H groups in total. The highest BCUT2D eigenvalue weighted by atomic mass is 16.4. The molecule has 0 unspecified atom stereocenters. The second-order valence-electron chi connectivity index (χ2n) is 3.06. The molecule has 1 aliphatic rings. The molecule has 0 aromatic rings. The van der Waals surface area contributed by atoms with Crippen LogP contribution in [-0.2, 0) is 4.79 Å². The predicted octanol–water partition coefficient (Wildman–Crippen LogP) is 1.11. The van der Waals surface area contributed by atoms with Crippen molar-refractivity contribution in [2.45, 2.75) is 25.8 Å². The van der Waals surface area contributed by atoms with Crippen molar-refractivity contribution in [2.24, 2.45) is 0 Å². The molecule has 1 aliphatic carbocycles. The SMILES string of the molecule is CCN(C/C=C/C(=O)O)C1CC1. The quantitative estimate of drug-likeness (QED) is 0.627. The molecule has 1 fully saturated rings. The summed E-state index contributed by atoms with van der Waals surface area (Å²) >= 11 is 0. The van der Waals surface area contributed by atoms with Crippen molar-refractivity contribution in [3.8, 4) is 0 Å². The van der Waals surface area contributed by atoms with Gasteiger partial charge in [0.2, 0.25) is 0 Å². The molecule has 3 heteroatoms. The van der Waals surface area contributed by atoms with Crippen molar-refractivity contribution in [1.29, 1.82) is 0 Å². The maximum atomic E-state index is 10.1. The van der Waals surface area contributed by atoms with Crippen LogP contribution < -0.4 is 0 Å². The van der Waals surface area contributed by atoms with Crippen LogP contribution in [0.5, 0.6) is 0 Å². The molecule has 0 aromatic carbocycles. The first-order chi connectivity index (χ1) is 5.74. The van der Waals surface area contributed by atoms with E-state index in [4.69, 9.17) is 5.11 Å². The molecular formula is C9H15NO2. The summed E-state index contributed by atoms with van der Waals surface area (Å²) < 4.78 is 0. The van der Waals surface area contributed by atoms with E-state index in [9.17, 15) is 4.79 Å². The standard InChI is InChI=1S/C9H15NO2/c1-2-10(8-5-6-8)7-3-4-9(11)12/h3-4,8H,2,5-7H2,1H3,(H,11,12)/b4-3+. The first-order valence-electron chi connectivity index (χ1n) is 4.37. The van der Waals surface area contributed by atoms with Gasteiger partial charge >= 0.3 is 5.97 Å². The van der Waals surface area contributed by atoms with Gasteiger partial charge in [-0.25, -0.2) is 4.79 Å². The lowest BCUT2D eigenvalue weighted by atomic mass is 10.4. The number of likely N-dealkylation sites (N-methyl/N-ethyl adjacent to an activating group) is 1. The monoisotopic (exact) mass is 169 g/mol. The predicted molar refractivity (Wildman–Crippen MR) is 47.0 cm³/mol. The average molecular weight is 169 g/mol. The highest BCUT2D eigenvalue weighted by Gasteiger charge is 2.26. The van der Waals surface area contributed by atoms with E-state index in [1.165, 1.54) is 18.9 Å². The Balaban J connectivity index is 2.22. The fraction of sp³-hybridized carbons (Fsp3) is 0.667. The lowest BCUT2D eigenvalue weighted by Gasteiger charge is -2.16. The number of carboxylic acids is 1. The zero-order valence-electron chi connectivity index (χ0n) is 7.36. The summed E-state index contributed by atoms with van der Waals surface area (Å²) in [6, 6.07) is 0.716. The summed E-state index contributed by atoms with van der Waals surface area (Å²) in [4.78, 5) is 12.4. The van der Waals surface area contributed by atoms with Gasteiger partial charge in [-0.1, -0.05) is 13.0 Å². The second kappa shape index (κ2) is 4.26. The minimum atomic E-state index is -0.859. The Kier molecular flexibility index (Phi) is 3.29. The van der Waals surface area contributed by atoms with Crippen molar-refractivity contribution in [1.82, 2.24) is 4.90 Å². The van der Waals surface area contributed by atoms with E-state index in [1.807, 2.05) is 0 Å². The third kappa shape index (κ3) is 3.05. The molecule has 0 aliphatic heterocycles. The number of nitrogens with zero attached hydrogens (tertiary/aromatic N) is 1. The Morgan fingerprint density at radius 3 is 2.75 bits per heavy atom. The Morgan fingerprint density at radius 2 is 2.33 bits per heavy atom. The molecule has 0 bridgehead atoms. The Labute approximate surface area is 72.7 Å². The Bertz CT molecular complexity index is 185. The largest absolute Gasteiger partial charge is 0.478 e. The van der Waals surface area contributed by atoms with Crippen LogP contribution in [0.4, 0.5) is 0 Å². The van der Waals surface area contributed by atoms with E-state index < -0.39 is 5.97 Å². The van der Waals surface area contributed by atoms with Gasteiger partial charge in [0.25, 0.3) is 0 Å². The summed E-state index contributed by atoms with van der Waals surface area (Å²) in [7, 11) is 0. The fourth-order valence-corrected chi connectivity index (χ4v) is 1.26. The van der Waals surface area contributed by atoms with E-state index in [0.29, 0.717) is 6.04 Å². The minimum absolute atomic E-state index is 0.716. The highest BCUT2D eigenvalue weighted by molar-refractivity contribution is 5.79. The second-order valence-corrected chi connectivity index (χ2v) is 3.06. The lowest BCUT2D eigenvalue weighted by molar-refractivity contribution is -0.131. The van der Waals surface area contributed by atoms with Crippen LogP contribution >= 0.6 is 0 Å². The summed E-state index contributed by atoms with van der Waals surface area (Å²) in [6.07, 6.45) is 5.47. The maximum absolute atomic E-state index is 10.1. The van der Waals surface area contributed by atoms with Crippen molar-refractivity contribution < 1.29 is 9.90 Å². The van der Waals surface area contributed by atoms with E-state index in [-0.39, 0.29) is 0 Å². The van der Waals surface area contributed by atoms with Gasteiger partial charge < -0.3 is 5.11 Å². The first kappa shape index (κ1) is 9.26. The molecule has 0 saturated heterocycles. The van der Waals surface area contributed by atoms with Gasteiger partial charge in [0.15, 0.2) is 0 Å². The van der Waals surface area contributed by atoms with Gasteiger partial charge in [-0.15, -0.1) is 0 Å². The van der Waals surface area contributed by atoms with Crippen molar-refractivity contribution >= 4 is 5.97 Å². The molecule has 1 rings (SSSR count). The Morgan fingerprint density at radius 1 is 1.67 bits per heavy atom. The van der Waals surface area contributed by atoms with Crippen LogP contribution in [0.1, 0.15) is 19.8 Å². The minimum Gasteiger partial charge on any atom is -0.478 e. The smallest absolute Gasteiger partial charge is 0.328 e. The third-order valence-electron chi connectivity index (χ3n) is 2.07. The van der Waals surface area contributed by atoms with Crippen LogP contribution in [0.3, 0.4) is 0 Å². The number of aliphatic carboxylic acids is 1. The molecule has 0 heterocycles. The van der Waals surface area contributed by atoms with E-state index in [0.717, 1.165) is 13.1 Å². The topological polar surface area (TPSA) is 40.5 Å². The molecule has 68 valence electrons. The molecule has 1 saturated carbocycles. The van der Waals surface area contributed by atoms with Gasteiger partial charge in [-0.05, 0) is 19.4 Å². The fourth-order valence-electron chi connectivity index (χ4n) is 1.26. The van der Waals surface area contributed by atoms with E-state index >= 15 is 0 Å². The zero-order chi connectivity index (χ0) is 8.97. The first-order valence-corrected chi connectivity index (χ1v) is 4.37. The summed E-state index contributed by atoms with van der Waals surface area (Å²) in [5, 5.41) is 8.35. The van der Waals surface area contributed by atoms with Crippen LogP contribution in [0.2, 0.25) is 0 Å². The van der Waals surface area contributed by atoms with E-state index in [2.05, 4.69) is 11.8 Å². The number of rotatable bonds is 5. The van der Waals surface area contributed by atoms with Crippen molar-refractivity contribution in [3.63, 3.8) is 0 Å². The highest BCUT2D eigenvalue weighted by Crippen LogP contribution is 2.25. The normalized spacial score (nSPS) is 17.5. The Hall–Kier alpha value is -0.830. The molecular weight excluding hydrogens is 154 g/mol. The molecule has 0 atom stereocenters. The van der Waals surface area contributed by atoms with Crippen LogP contribution in [0.25, 0.3) is 0 Å². The molecule has 0 radical (unpaired) electrons. The van der Waals surface area contributed by atoms with Crippen LogP contribution in [-0.4, -0.2) is 35.1 Å². The van der Waals surface area contributed by atoms with Crippen molar-refractivity contribution in [3.05, 3.63) is 12.2 Å². The lowest BCUT2D eigenvalue weighted by Crippen LogP contribution is -2.25. The van der Waals surface area contributed by atoms with Gasteiger partial charge in [0.05, 0.1) is 0 Å². The summed E-state index contributed by atoms with van der Waals surface area (Å²) in [5.74, 6) is -0.859. The molecule has 0 amide bonds. The van der Waals surface area contributed by atoms with Gasteiger partial charge in [-0.3, -0.25) is 4.90 Å². The van der Waals surface area contributed by atoms with Crippen LogP contribution in [0.15, 0.2) is 12.2 Å². The average Bonchev–Trinajstić information content (AvgIpc) is 2.80. The number of carbonyl (C=O) groups is 1. The van der Waals surface area contributed by atoms with Gasteiger partial charge in [0.1, 0.15) is 0 Å². The number of hydrogen-bond donors (Lipinski definition) is 1. The molecule has 0 spiro atoms. The molecule has 12 heavy (non-hydrogen) atoms. The zero-order valence-corrected chi connectivity index (χ0v) is 7.36. The maximum Gasteiger partial charge on any atom is 0.328 e. The van der Waals surface area contributed by atoms with E-state index in [1.54, 1.807) is 6.08 Å². The van der Waals surface area contributed by atoms with Crippen LogP contribution in [0, 0.1) is 0 Å². The summed E-state index contributed by atoms with van der Waals surface area (Å²) in [6.45, 7) is 3.88. The number of carboxylic acid groups (broad SMARTS) is 1. The summed E-state index contributed by atoms with van der Waals surface area (Å²) in [5.41, 5.74) is 0. The number of hydrogen-bond acceptors (Lipinski definition) is 2. The van der Waals surface area contributed by atoms with Gasteiger partial charge in [0, 0.05) is 18.7 Å². The third-order valence-corrected chi connectivity index (χ3v) is 2.07. The molecule has 0 aromatic heterocycles.